The standard InChI is InChI=1S/C18H19BrO3/c19-12-15(20)13-22-18-9-5-4-8-16(18)17(21)11-10-14-6-2-1-3-7-14/h1-9,15,20H,10-13H2. The highest BCUT2D eigenvalue weighted by molar-refractivity contribution is 9.09. The van der Waals surface area contributed by atoms with E-state index in [1.54, 1.807) is 12.1 Å². The maximum absolute atomic E-state index is 12.4. The van der Waals surface area contributed by atoms with Gasteiger partial charge in [0.1, 0.15) is 12.4 Å². The quantitative estimate of drug-likeness (QED) is 0.576. The minimum absolute atomic E-state index is 0.0489. The number of carbonyl (C=O) groups excluding carboxylic acids is 1. The van der Waals surface area contributed by atoms with Gasteiger partial charge in [-0.05, 0) is 24.1 Å². The molecule has 22 heavy (non-hydrogen) atoms. The predicted molar refractivity (Wildman–Crippen MR) is 90.8 cm³/mol. The first-order valence-corrected chi connectivity index (χ1v) is 8.36. The molecule has 2 aromatic carbocycles. The Morgan fingerprint density at radius 2 is 1.77 bits per heavy atom. The summed E-state index contributed by atoms with van der Waals surface area (Å²) in [5.74, 6) is 0.577. The molecule has 0 amide bonds. The SMILES string of the molecule is O=C(CCc1ccccc1)c1ccccc1OCC(O)CBr. The summed E-state index contributed by atoms with van der Waals surface area (Å²) >= 11 is 3.19. The molecule has 2 aromatic rings. The molecule has 2 rings (SSSR count). The molecular formula is C18H19BrO3. The molecule has 0 saturated carbocycles. The Balaban J connectivity index is 1.99. The lowest BCUT2D eigenvalue weighted by molar-refractivity contribution is 0.0968. The van der Waals surface area contributed by atoms with Crippen LogP contribution in [0.2, 0.25) is 0 Å². The molecule has 0 aliphatic rings. The van der Waals surface area contributed by atoms with Crippen LogP contribution < -0.4 is 4.74 Å². The van der Waals surface area contributed by atoms with Gasteiger partial charge in [0.2, 0.25) is 0 Å². The van der Waals surface area contributed by atoms with Crippen molar-refractivity contribution in [2.45, 2.75) is 18.9 Å². The second-order valence-electron chi connectivity index (χ2n) is 5.02. The van der Waals surface area contributed by atoms with E-state index in [2.05, 4.69) is 15.9 Å². The van der Waals surface area contributed by atoms with Crippen molar-refractivity contribution in [1.82, 2.24) is 0 Å². The zero-order valence-corrected chi connectivity index (χ0v) is 13.8. The van der Waals surface area contributed by atoms with Gasteiger partial charge < -0.3 is 9.84 Å². The van der Waals surface area contributed by atoms with Crippen LogP contribution in [0, 0.1) is 0 Å². The van der Waals surface area contributed by atoms with E-state index in [0.29, 0.717) is 29.5 Å². The predicted octanol–water partition coefficient (Wildman–Crippen LogP) is 3.64. The Bertz CT molecular complexity index is 598. The monoisotopic (exact) mass is 362 g/mol. The summed E-state index contributed by atoms with van der Waals surface area (Å²) in [5, 5.41) is 9.99. The first-order chi connectivity index (χ1) is 10.7. The Kier molecular flexibility index (Phi) is 6.62. The van der Waals surface area contributed by atoms with Gasteiger partial charge in [-0.15, -0.1) is 0 Å². The van der Waals surface area contributed by atoms with Crippen LogP contribution in [0.5, 0.6) is 5.75 Å². The van der Waals surface area contributed by atoms with Crippen LogP contribution in [0.1, 0.15) is 22.3 Å². The van der Waals surface area contributed by atoms with Gasteiger partial charge in [-0.1, -0.05) is 58.4 Å². The number of carbonyl (C=O) groups is 1. The van der Waals surface area contributed by atoms with Crippen LogP contribution in [0.3, 0.4) is 0 Å². The minimum Gasteiger partial charge on any atom is -0.490 e. The number of aryl methyl sites for hydroxylation is 1. The van der Waals surface area contributed by atoms with Crippen molar-refractivity contribution >= 4 is 21.7 Å². The summed E-state index contributed by atoms with van der Waals surface area (Å²) in [5.41, 5.74) is 1.71. The fraction of sp³-hybridized carbons (Fsp3) is 0.278. The molecule has 0 saturated heterocycles. The van der Waals surface area contributed by atoms with Gasteiger partial charge >= 0.3 is 0 Å². The number of aliphatic hydroxyl groups is 1. The molecule has 0 aliphatic carbocycles. The lowest BCUT2D eigenvalue weighted by atomic mass is 10.0. The molecule has 0 bridgehead atoms. The van der Waals surface area contributed by atoms with Crippen LogP contribution in [0.4, 0.5) is 0 Å². The van der Waals surface area contributed by atoms with Crippen molar-refractivity contribution in [2.24, 2.45) is 0 Å². The highest BCUT2D eigenvalue weighted by Gasteiger charge is 2.13. The van der Waals surface area contributed by atoms with Crippen LogP contribution in [0.15, 0.2) is 54.6 Å². The third-order valence-electron chi connectivity index (χ3n) is 3.28. The molecule has 1 unspecified atom stereocenters. The molecule has 0 heterocycles. The molecule has 0 aliphatic heterocycles. The maximum Gasteiger partial charge on any atom is 0.166 e. The van der Waals surface area contributed by atoms with E-state index in [4.69, 9.17) is 4.74 Å². The average Bonchev–Trinajstić information content (AvgIpc) is 2.58. The molecule has 116 valence electrons. The number of aliphatic hydroxyl groups excluding tert-OH is 1. The van der Waals surface area contributed by atoms with Crippen molar-refractivity contribution in [3.63, 3.8) is 0 Å². The van der Waals surface area contributed by atoms with Crippen molar-refractivity contribution in [3.05, 3.63) is 65.7 Å². The van der Waals surface area contributed by atoms with E-state index in [-0.39, 0.29) is 12.4 Å². The molecule has 0 fully saturated rings. The van der Waals surface area contributed by atoms with Crippen LogP contribution in [0.25, 0.3) is 0 Å². The number of hydrogen-bond donors (Lipinski definition) is 1. The lowest BCUT2D eigenvalue weighted by Crippen LogP contribution is -2.19. The second-order valence-corrected chi connectivity index (χ2v) is 5.67. The summed E-state index contributed by atoms with van der Waals surface area (Å²) in [6.45, 7) is 0.161. The van der Waals surface area contributed by atoms with E-state index in [9.17, 15) is 9.90 Å². The normalized spacial score (nSPS) is 11.9. The number of ether oxygens (including phenoxy) is 1. The number of ketones is 1. The molecule has 0 aromatic heterocycles. The first-order valence-electron chi connectivity index (χ1n) is 7.23. The van der Waals surface area contributed by atoms with Gasteiger partial charge in [0.05, 0.1) is 11.7 Å². The third-order valence-corrected chi connectivity index (χ3v) is 4.03. The summed E-state index contributed by atoms with van der Waals surface area (Å²) < 4.78 is 5.56. The first kappa shape index (κ1) is 16.7. The molecule has 3 nitrogen and oxygen atoms in total. The van der Waals surface area contributed by atoms with E-state index < -0.39 is 6.10 Å². The van der Waals surface area contributed by atoms with Gasteiger partial charge in [-0.3, -0.25) is 4.79 Å². The summed E-state index contributed by atoms with van der Waals surface area (Å²) in [7, 11) is 0. The van der Waals surface area contributed by atoms with E-state index in [0.717, 1.165) is 5.56 Å². The van der Waals surface area contributed by atoms with E-state index in [1.807, 2.05) is 42.5 Å². The lowest BCUT2D eigenvalue weighted by Gasteiger charge is -2.13. The molecule has 4 heteroatoms. The fourth-order valence-corrected chi connectivity index (χ4v) is 2.28. The fourth-order valence-electron chi connectivity index (χ4n) is 2.09. The summed E-state index contributed by atoms with van der Waals surface area (Å²) in [6, 6.07) is 17.1. The Morgan fingerprint density at radius 1 is 1.09 bits per heavy atom. The number of hydrogen-bond acceptors (Lipinski definition) is 3. The van der Waals surface area contributed by atoms with Gasteiger partial charge in [0.15, 0.2) is 5.78 Å². The largest absolute Gasteiger partial charge is 0.490 e. The van der Waals surface area contributed by atoms with Gasteiger partial charge in [0.25, 0.3) is 0 Å². The van der Waals surface area contributed by atoms with Crippen molar-refractivity contribution in [1.29, 1.82) is 0 Å². The van der Waals surface area contributed by atoms with Gasteiger partial charge in [-0.25, -0.2) is 0 Å². The topological polar surface area (TPSA) is 46.5 Å². The number of halogens is 1. The van der Waals surface area contributed by atoms with E-state index in [1.165, 1.54) is 0 Å². The number of para-hydroxylation sites is 1. The molecule has 0 radical (unpaired) electrons. The highest BCUT2D eigenvalue weighted by atomic mass is 79.9. The van der Waals surface area contributed by atoms with Crippen LogP contribution in [-0.2, 0) is 6.42 Å². The second kappa shape index (κ2) is 8.71. The zero-order chi connectivity index (χ0) is 15.8. The third kappa shape index (κ3) is 4.97. The minimum atomic E-state index is -0.590. The van der Waals surface area contributed by atoms with Gasteiger partial charge in [-0.2, -0.15) is 0 Å². The van der Waals surface area contributed by atoms with E-state index >= 15 is 0 Å². The Hall–Kier alpha value is -1.65. The van der Waals surface area contributed by atoms with Gasteiger partial charge in [0, 0.05) is 11.8 Å². The number of rotatable bonds is 8. The number of benzene rings is 2. The highest BCUT2D eigenvalue weighted by Crippen LogP contribution is 2.21. The van der Waals surface area contributed by atoms with Crippen molar-refractivity contribution in [3.8, 4) is 5.75 Å². The van der Waals surface area contributed by atoms with Crippen LogP contribution in [-0.4, -0.2) is 28.9 Å². The summed E-state index contributed by atoms with van der Waals surface area (Å²) in [4.78, 5) is 12.4. The Labute approximate surface area is 139 Å². The zero-order valence-electron chi connectivity index (χ0n) is 12.2. The maximum atomic E-state index is 12.4. The molecule has 0 spiro atoms. The smallest absolute Gasteiger partial charge is 0.166 e. The Morgan fingerprint density at radius 3 is 2.50 bits per heavy atom. The van der Waals surface area contributed by atoms with Crippen LogP contribution >= 0.6 is 15.9 Å². The molecular weight excluding hydrogens is 344 g/mol. The van der Waals surface area contributed by atoms with Crippen molar-refractivity contribution in [2.75, 3.05) is 11.9 Å². The summed E-state index contributed by atoms with van der Waals surface area (Å²) in [6.07, 6.45) is 0.552. The average molecular weight is 363 g/mol. The molecule has 1 N–H and O–H groups in total. The number of Topliss-reactive ketones (excluding diaryl/α,β-unsaturated/α-hetero) is 1. The number of alkyl halides is 1. The molecule has 1 atom stereocenters. The van der Waals surface area contributed by atoms with Crippen molar-refractivity contribution < 1.29 is 14.6 Å².